The number of nitrogens with one attached hydrogen (secondary N) is 1. The maximum atomic E-state index is 4.14. The molecule has 1 aliphatic heterocycles. The third kappa shape index (κ3) is 2.52. The number of hydrazone groups is 1. The highest BCUT2D eigenvalue weighted by molar-refractivity contribution is 5.60. The van der Waals surface area contributed by atoms with Crippen LogP contribution in [0.3, 0.4) is 0 Å². The zero-order valence-electron chi connectivity index (χ0n) is 7.72. The Kier molecular flexibility index (Phi) is 2.53. The van der Waals surface area contributed by atoms with Crippen LogP contribution in [0.25, 0.3) is 0 Å². The molecule has 2 nitrogen and oxygen atoms in total. The van der Waals surface area contributed by atoms with E-state index >= 15 is 0 Å². The number of hydrogen-bond donors (Lipinski definition) is 1. The Hall–Kier alpha value is -0.530. The van der Waals surface area contributed by atoms with E-state index in [9.17, 15) is 0 Å². The maximum Gasteiger partial charge on any atom is 0.0380 e. The van der Waals surface area contributed by atoms with Crippen LogP contribution < -0.4 is 5.43 Å². The standard InChI is InChI=1S/C9H18N2/c1-4-8-5-9(2,3)7-11-10-6-8/h6,8,11H,4-5,7H2,1-3H3. The molecule has 1 heterocycles. The van der Waals surface area contributed by atoms with Gasteiger partial charge in [-0.3, -0.25) is 0 Å². The van der Waals surface area contributed by atoms with Gasteiger partial charge in [-0.15, -0.1) is 0 Å². The Morgan fingerprint density at radius 2 is 2.36 bits per heavy atom. The Morgan fingerprint density at radius 1 is 1.64 bits per heavy atom. The molecular formula is C9H18N2. The smallest absolute Gasteiger partial charge is 0.0380 e. The lowest BCUT2D eigenvalue weighted by molar-refractivity contribution is 0.297. The van der Waals surface area contributed by atoms with E-state index in [-0.39, 0.29) is 0 Å². The van der Waals surface area contributed by atoms with E-state index in [1.807, 2.05) is 0 Å². The second-order valence-electron chi connectivity index (χ2n) is 4.15. The van der Waals surface area contributed by atoms with Crippen molar-refractivity contribution < 1.29 is 0 Å². The fourth-order valence-corrected chi connectivity index (χ4v) is 1.50. The van der Waals surface area contributed by atoms with E-state index in [1.165, 1.54) is 12.8 Å². The zero-order chi connectivity index (χ0) is 8.32. The third-order valence-corrected chi connectivity index (χ3v) is 2.27. The minimum absolute atomic E-state index is 0.400. The van der Waals surface area contributed by atoms with Crippen molar-refractivity contribution in [3.63, 3.8) is 0 Å². The summed E-state index contributed by atoms with van der Waals surface area (Å²) in [6, 6.07) is 0. The molecule has 1 N–H and O–H groups in total. The summed E-state index contributed by atoms with van der Waals surface area (Å²) in [7, 11) is 0. The molecular weight excluding hydrogens is 136 g/mol. The van der Waals surface area contributed by atoms with Gasteiger partial charge in [-0.05, 0) is 24.2 Å². The molecule has 1 aliphatic rings. The van der Waals surface area contributed by atoms with Crippen LogP contribution in [-0.2, 0) is 0 Å². The molecule has 0 bridgehead atoms. The summed E-state index contributed by atoms with van der Waals surface area (Å²) in [4.78, 5) is 0. The van der Waals surface area contributed by atoms with E-state index in [2.05, 4.69) is 37.5 Å². The zero-order valence-corrected chi connectivity index (χ0v) is 7.72. The van der Waals surface area contributed by atoms with Crippen LogP contribution in [0.2, 0.25) is 0 Å². The molecule has 1 atom stereocenters. The number of nitrogens with zero attached hydrogens (tertiary/aromatic N) is 1. The molecule has 0 saturated heterocycles. The van der Waals surface area contributed by atoms with Crippen molar-refractivity contribution in [2.45, 2.75) is 33.6 Å². The first-order chi connectivity index (χ1) is 5.14. The summed E-state index contributed by atoms with van der Waals surface area (Å²) >= 11 is 0. The normalized spacial score (nSPS) is 29.2. The van der Waals surface area contributed by atoms with Crippen molar-refractivity contribution in [2.24, 2.45) is 16.4 Å². The SMILES string of the molecule is CCC1C=NNCC(C)(C)C1. The van der Waals surface area contributed by atoms with E-state index in [1.54, 1.807) is 0 Å². The largest absolute Gasteiger partial charge is 0.310 e. The van der Waals surface area contributed by atoms with Gasteiger partial charge in [0.05, 0.1) is 0 Å². The Bertz CT molecular complexity index is 150. The molecule has 0 aliphatic carbocycles. The molecule has 2 heteroatoms. The van der Waals surface area contributed by atoms with Gasteiger partial charge in [0.25, 0.3) is 0 Å². The fraction of sp³-hybridized carbons (Fsp3) is 0.889. The van der Waals surface area contributed by atoms with Crippen LogP contribution in [0.5, 0.6) is 0 Å². The van der Waals surface area contributed by atoms with Crippen molar-refractivity contribution in [3.8, 4) is 0 Å². The predicted octanol–water partition coefficient (Wildman–Crippen LogP) is 2.02. The van der Waals surface area contributed by atoms with Crippen molar-refractivity contribution in [2.75, 3.05) is 6.54 Å². The molecule has 1 rings (SSSR count). The third-order valence-electron chi connectivity index (χ3n) is 2.27. The monoisotopic (exact) mass is 154 g/mol. The summed E-state index contributed by atoms with van der Waals surface area (Å²) in [5.41, 5.74) is 3.47. The molecule has 0 saturated carbocycles. The highest BCUT2D eigenvalue weighted by Crippen LogP contribution is 2.26. The molecule has 64 valence electrons. The Morgan fingerprint density at radius 3 is 3.00 bits per heavy atom. The van der Waals surface area contributed by atoms with Gasteiger partial charge in [0.15, 0.2) is 0 Å². The predicted molar refractivity (Wildman–Crippen MR) is 48.7 cm³/mol. The molecule has 11 heavy (non-hydrogen) atoms. The van der Waals surface area contributed by atoms with Crippen LogP contribution >= 0.6 is 0 Å². The van der Waals surface area contributed by atoms with Crippen molar-refractivity contribution in [1.82, 2.24) is 5.43 Å². The van der Waals surface area contributed by atoms with Crippen molar-refractivity contribution >= 4 is 6.21 Å². The summed E-state index contributed by atoms with van der Waals surface area (Å²) in [6.07, 6.45) is 4.50. The van der Waals surface area contributed by atoms with Gasteiger partial charge >= 0.3 is 0 Å². The Labute approximate surface area is 69.1 Å². The van der Waals surface area contributed by atoms with E-state index < -0.39 is 0 Å². The van der Waals surface area contributed by atoms with E-state index in [0.29, 0.717) is 11.3 Å². The minimum atomic E-state index is 0.400. The minimum Gasteiger partial charge on any atom is -0.310 e. The highest BCUT2D eigenvalue weighted by atomic mass is 15.3. The first-order valence-corrected chi connectivity index (χ1v) is 4.40. The van der Waals surface area contributed by atoms with Gasteiger partial charge in [-0.2, -0.15) is 5.10 Å². The summed E-state index contributed by atoms with van der Waals surface area (Å²) < 4.78 is 0. The lowest BCUT2D eigenvalue weighted by Gasteiger charge is -2.24. The summed E-state index contributed by atoms with van der Waals surface area (Å²) in [6.45, 7) is 7.80. The van der Waals surface area contributed by atoms with Gasteiger partial charge in [0.2, 0.25) is 0 Å². The van der Waals surface area contributed by atoms with E-state index in [4.69, 9.17) is 0 Å². The van der Waals surface area contributed by atoms with Gasteiger partial charge < -0.3 is 5.43 Å². The second kappa shape index (κ2) is 3.24. The van der Waals surface area contributed by atoms with Gasteiger partial charge in [0, 0.05) is 12.8 Å². The van der Waals surface area contributed by atoms with Crippen molar-refractivity contribution in [3.05, 3.63) is 0 Å². The first-order valence-electron chi connectivity index (χ1n) is 4.40. The molecule has 1 unspecified atom stereocenters. The lowest BCUT2D eigenvalue weighted by Crippen LogP contribution is -2.25. The summed E-state index contributed by atoms with van der Waals surface area (Å²) in [5, 5.41) is 4.14. The van der Waals surface area contributed by atoms with Crippen LogP contribution in [0.1, 0.15) is 33.6 Å². The highest BCUT2D eigenvalue weighted by Gasteiger charge is 2.23. The van der Waals surface area contributed by atoms with Crippen LogP contribution in [-0.4, -0.2) is 12.8 Å². The topological polar surface area (TPSA) is 24.4 Å². The van der Waals surface area contributed by atoms with Gasteiger partial charge in [-0.1, -0.05) is 20.8 Å². The molecule has 0 fully saturated rings. The van der Waals surface area contributed by atoms with Gasteiger partial charge in [0.1, 0.15) is 0 Å². The van der Waals surface area contributed by atoms with Crippen molar-refractivity contribution in [1.29, 1.82) is 0 Å². The van der Waals surface area contributed by atoms with Gasteiger partial charge in [-0.25, -0.2) is 0 Å². The molecule has 0 aromatic heterocycles. The molecule has 0 spiro atoms. The van der Waals surface area contributed by atoms with E-state index in [0.717, 1.165) is 6.54 Å². The molecule has 0 aromatic rings. The lowest BCUT2D eigenvalue weighted by atomic mass is 9.82. The fourth-order valence-electron chi connectivity index (χ4n) is 1.50. The molecule has 0 radical (unpaired) electrons. The van der Waals surface area contributed by atoms with Crippen LogP contribution in [0.4, 0.5) is 0 Å². The quantitative estimate of drug-likeness (QED) is 0.614. The second-order valence-corrected chi connectivity index (χ2v) is 4.15. The summed E-state index contributed by atoms with van der Waals surface area (Å²) in [5.74, 6) is 0.667. The Balaban J connectivity index is 2.56. The molecule has 0 aromatic carbocycles. The molecule has 0 amide bonds. The number of rotatable bonds is 1. The van der Waals surface area contributed by atoms with Crippen LogP contribution in [0, 0.1) is 11.3 Å². The average molecular weight is 154 g/mol. The first kappa shape index (κ1) is 8.57. The maximum absolute atomic E-state index is 4.14. The number of hydrogen-bond acceptors (Lipinski definition) is 2. The van der Waals surface area contributed by atoms with Crippen LogP contribution in [0.15, 0.2) is 5.10 Å². The average Bonchev–Trinajstić information content (AvgIpc) is 2.10.